The number of halogens is 3. The van der Waals surface area contributed by atoms with E-state index >= 15 is 0 Å². The lowest BCUT2D eigenvalue weighted by atomic mass is 10.0. The Morgan fingerprint density at radius 3 is 2.50 bits per heavy atom. The number of hydrogen-bond donors (Lipinski definition) is 3. The maximum Gasteiger partial charge on any atom is 0.417 e. The minimum atomic E-state index is -4.69. The van der Waals surface area contributed by atoms with E-state index in [9.17, 15) is 27.6 Å². The van der Waals surface area contributed by atoms with Crippen LogP contribution in [0.4, 0.5) is 18.9 Å². The highest BCUT2D eigenvalue weighted by atomic mass is 19.4. The number of rotatable bonds is 5. The van der Waals surface area contributed by atoms with Crippen molar-refractivity contribution in [3.8, 4) is 0 Å². The van der Waals surface area contributed by atoms with Gasteiger partial charge < -0.3 is 20.0 Å². The number of aromatic nitrogens is 1. The van der Waals surface area contributed by atoms with E-state index in [0.29, 0.717) is 12.3 Å². The summed E-state index contributed by atoms with van der Waals surface area (Å²) < 4.78 is 43.2. The van der Waals surface area contributed by atoms with Crippen molar-refractivity contribution in [2.45, 2.75) is 26.1 Å². The van der Waals surface area contributed by atoms with Crippen LogP contribution in [-0.4, -0.2) is 22.8 Å². The zero-order valence-electron chi connectivity index (χ0n) is 13.8. The lowest BCUT2D eigenvalue weighted by Crippen LogP contribution is -2.47. The summed E-state index contributed by atoms with van der Waals surface area (Å²) in [5, 5.41) is 4.55. The molecule has 1 unspecified atom stereocenters. The van der Waals surface area contributed by atoms with Gasteiger partial charge in [0.25, 0.3) is 11.5 Å². The topological polar surface area (TPSA) is 104 Å². The first-order chi connectivity index (χ1) is 12.1. The fraction of sp³-hybridized carbons (Fsp3) is 0.312. The maximum atomic E-state index is 12.8. The van der Waals surface area contributed by atoms with Crippen molar-refractivity contribution in [1.29, 1.82) is 0 Å². The lowest BCUT2D eigenvalue weighted by Gasteiger charge is -2.21. The summed E-state index contributed by atoms with van der Waals surface area (Å²) in [6.07, 6.45) is -2.90. The van der Waals surface area contributed by atoms with Gasteiger partial charge in [0.1, 0.15) is 11.7 Å². The highest BCUT2D eigenvalue weighted by molar-refractivity contribution is 6.00. The van der Waals surface area contributed by atoms with Crippen molar-refractivity contribution in [3.63, 3.8) is 0 Å². The highest BCUT2D eigenvalue weighted by Crippen LogP contribution is 2.29. The molecule has 2 amide bonds. The molecule has 26 heavy (non-hydrogen) atoms. The molecule has 0 aliphatic carbocycles. The number of carbonyl (C=O) groups is 2. The van der Waals surface area contributed by atoms with E-state index in [1.54, 1.807) is 13.8 Å². The van der Waals surface area contributed by atoms with Gasteiger partial charge >= 0.3 is 6.18 Å². The number of pyridine rings is 1. The number of alkyl halides is 3. The quantitative estimate of drug-likeness (QED) is 0.751. The maximum absolute atomic E-state index is 12.8. The number of H-pyrrole nitrogens is 1. The SMILES string of the molecule is CC(C)C(NC(=O)c1ccco1)C(=O)Nc1cc(C(F)(F)F)c[nH]c1=O. The molecule has 0 saturated heterocycles. The Morgan fingerprint density at radius 1 is 1.27 bits per heavy atom. The van der Waals surface area contributed by atoms with Gasteiger partial charge in [-0.05, 0) is 24.1 Å². The molecule has 0 aromatic carbocycles. The number of nitrogens with one attached hydrogen (secondary N) is 3. The molecule has 2 rings (SSSR count). The second-order valence-corrected chi connectivity index (χ2v) is 5.79. The summed E-state index contributed by atoms with van der Waals surface area (Å²) in [6.45, 7) is 3.26. The lowest BCUT2D eigenvalue weighted by molar-refractivity contribution is -0.137. The molecule has 0 bridgehead atoms. The number of amides is 2. The van der Waals surface area contributed by atoms with Gasteiger partial charge in [-0.1, -0.05) is 13.8 Å². The van der Waals surface area contributed by atoms with Crippen molar-refractivity contribution in [2.24, 2.45) is 5.92 Å². The van der Waals surface area contributed by atoms with E-state index in [1.165, 1.54) is 18.4 Å². The Balaban J connectivity index is 2.20. The molecule has 7 nitrogen and oxygen atoms in total. The molecule has 2 aromatic heterocycles. The van der Waals surface area contributed by atoms with Crippen molar-refractivity contribution in [2.75, 3.05) is 5.32 Å². The molecular formula is C16H16F3N3O4. The highest BCUT2D eigenvalue weighted by Gasteiger charge is 2.32. The zero-order chi connectivity index (χ0) is 19.5. The van der Waals surface area contributed by atoms with Crippen LogP contribution in [0.1, 0.15) is 30.0 Å². The smallest absolute Gasteiger partial charge is 0.417 e. The molecule has 10 heteroatoms. The molecule has 2 heterocycles. The van der Waals surface area contributed by atoms with E-state index in [4.69, 9.17) is 4.42 Å². The standard InChI is InChI=1S/C16H16F3N3O4/c1-8(2)12(22-14(24)11-4-3-5-26-11)15(25)21-10-6-9(16(17,18)19)7-20-13(10)23/h3-8,12H,1-2H3,(H,20,23)(H,21,25)(H,22,24). The van der Waals surface area contributed by atoms with Crippen LogP contribution in [0.3, 0.4) is 0 Å². The third-order valence-electron chi connectivity index (χ3n) is 3.47. The molecule has 0 aliphatic rings. The first kappa shape index (κ1) is 19.3. The van der Waals surface area contributed by atoms with Gasteiger partial charge in [-0.15, -0.1) is 0 Å². The Labute approximate surface area is 145 Å². The van der Waals surface area contributed by atoms with Crippen LogP contribution in [0.2, 0.25) is 0 Å². The van der Waals surface area contributed by atoms with Crippen molar-refractivity contribution in [3.05, 3.63) is 52.3 Å². The van der Waals surface area contributed by atoms with Crippen LogP contribution in [0, 0.1) is 5.92 Å². The van der Waals surface area contributed by atoms with Crippen molar-refractivity contribution in [1.82, 2.24) is 10.3 Å². The van der Waals surface area contributed by atoms with E-state index in [1.807, 2.05) is 4.98 Å². The number of furan rings is 1. The van der Waals surface area contributed by atoms with E-state index in [-0.39, 0.29) is 5.76 Å². The fourth-order valence-corrected chi connectivity index (χ4v) is 2.11. The average Bonchev–Trinajstić information content (AvgIpc) is 3.07. The van der Waals surface area contributed by atoms with E-state index < -0.39 is 46.8 Å². The minimum Gasteiger partial charge on any atom is -0.459 e. The van der Waals surface area contributed by atoms with Gasteiger partial charge in [-0.2, -0.15) is 13.2 Å². The van der Waals surface area contributed by atoms with Crippen LogP contribution < -0.4 is 16.2 Å². The summed E-state index contributed by atoms with van der Waals surface area (Å²) in [7, 11) is 0. The number of carbonyl (C=O) groups excluding carboxylic acids is 2. The number of aromatic amines is 1. The predicted molar refractivity (Wildman–Crippen MR) is 85.5 cm³/mol. The largest absolute Gasteiger partial charge is 0.459 e. The predicted octanol–water partition coefficient (Wildman–Crippen LogP) is 2.38. The fourth-order valence-electron chi connectivity index (χ4n) is 2.11. The number of hydrogen-bond acceptors (Lipinski definition) is 4. The van der Waals surface area contributed by atoms with Crippen LogP contribution in [-0.2, 0) is 11.0 Å². The average molecular weight is 371 g/mol. The molecule has 3 N–H and O–H groups in total. The Kier molecular flexibility index (Phi) is 5.53. The van der Waals surface area contributed by atoms with Crippen molar-refractivity contribution < 1.29 is 27.2 Å². The molecule has 0 fully saturated rings. The van der Waals surface area contributed by atoms with Crippen LogP contribution in [0.5, 0.6) is 0 Å². The van der Waals surface area contributed by atoms with Gasteiger partial charge in [0.05, 0.1) is 11.8 Å². The molecule has 1 atom stereocenters. The van der Waals surface area contributed by atoms with Crippen LogP contribution >= 0.6 is 0 Å². The third-order valence-corrected chi connectivity index (χ3v) is 3.47. The minimum absolute atomic E-state index is 0.0274. The monoisotopic (exact) mass is 371 g/mol. The Morgan fingerprint density at radius 2 is 1.96 bits per heavy atom. The van der Waals surface area contributed by atoms with Gasteiger partial charge in [-0.3, -0.25) is 14.4 Å². The van der Waals surface area contributed by atoms with E-state index in [2.05, 4.69) is 10.6 Å². The summed E-state index contributed by atoms with van der Waals surface area (Å²) in [6, 6.07) is 2.31. The first-order valence-electron chi connectivity index (χ1n) is 7.54. The third kappa shape index (κ3) is 4.52. The molecule has 0 spiro atoms. The normalized spacial score (nSPS) is 12.7. The molecule has 140 valence electrons. The molecule has 0 radical (unpaired) electrons. The van der Waals surface area contributed by atoms with Gasteiger partial charge in [0.2, 0.25) is 5.91 Å². The first-order valence-corrected chi connectivity index (χ1v) is 7.54. The zero-order valence-corrected chi connectivity index (χ0v) is 13.8. The Bertz CT molecular complexity index is 841. The second-order valence-electron chi connectivity index (χ2n) is 5.79. The van der Waals surface area contributed by atoms with Crippen LogP contribution in [0.25, 0.3) is 0 Å². The molecule has 0 saturated carbocycles. The molecular weight excluding hydrogens is 355 g/mol. The summed E-state index contributed by atoms with van der Waals surface area (Å²) in [5.74, 6) is -1.93. The van der Waals surface area contributed by atoms with E-state index in [0.717, 1.165) is 0 Å². The Hall–Kier alpha value is -3.04. The summed E-state index contributed by atoms with van der Waals surface area (Å²) in [4.78, 5) is 38.0. The van der Waals surface area contributed by atoms with Crippen molar-refractivity contribution >= 4 is 17.5 Å². The van der Waals surface area contributed by atoms with Gasteiger partial charge in [-0.25, -0.2) is 0 Å². The molecule has 0 aliphatic heterocycles. The van der Waals surface area contributed by atoms with Gasteiger partial charge in [0, 0.05) is 6.20 Å². The van der Waals surface area contributed by atoms with Crippen LogP contribution in [0.15, 0.2) is 39.9 Å². The molecule has 2 aromatic rings. The van der Waals surface area contributed by atoms with Gasteiger partial charge in [0.15, 0.2) is 5.76 Å². The number of anilines is 1. The second kappa shape index (κ2) is 7.46. The summed E-state index contributed by atoms with van der Waals surface area (Å²) >= 11 is 0. The summed E-state index contributed by atoms with van der Waals surface area (Å²) in [5.41, 5.74) is -2.58.